The van der Waals surface area contributed by atoms with Crippen molar-refractivity contribution in [1.82, 2.24) is 14.8 Å². The Hall–Kier alpha value is -2.21. The molecule has 0 atom stereocenters. The molecule has 3 N–H and O–H groups in total. The Kier molecular flexibility index (Phi) is 2.93. The van der Waals surface area contributed by atoms with Gasteiger partial charge < -0.3 is 5.43 Å². The first-order chi connectivity index (χ1) is 7.79. The van der Waals surface area contributed by atoms with Crippen LogP contribution in [0.15, 0.2) is 41.5 Å². The zero-order chi connectivity index (χ0) is 11.4. The summed E-state index contributed by atoms with van der Waals surface area (Å²) in [6.07, 6.45) is 3.20. The molecule has 0 unspecified atom stereocenters. The van der Waals surface area contributed by atoms with Crippen LogP contribution in [0.25, 0.3) is 0 Å². The Labute approximate surface area is 91.7 Å². The minimum atomic E-state index is -0.137. The summed E-state index contributed by atoms with van der Waals surface area (Å²) in [6.45, 7) is 0.400. The van der Waals surface area contributed by atoms with Crippen molar-refractivity contribution in [3.8, 4) is 0 Å². The first-order valence-corrected chi connectivity index (χ1v) is 4.73. The second-order valence-corrected chi connectivity index (χ2v) is 3.21. The third kappa shape index (κ3) is 2.23. The van der Waals surface area contributed by atoms with Gasteiger partial charge in [0.2, 0.25) is 0 Å². The summed E-state index contributed by atoms with van der Waals surface area (Å²) < 4.78 is 1.37. The first kappa shape index (κ1) is 10.3. The molecule has 0 spiro atoms. The predicted octanol–water partition coefficient (Wildman–Crippen LogP) is -0.0278. The maximum atomic E-state index is 11.4. The van der Waals surface area contributed by atoms with Crippen LogP contribution in [-0.2, 0) is 6.54 Å². The summed E-state index contributed by atoms with van der Waals surface area (Å²) in [5.41, 5.74) is 3.22. The van der Waals surface area contributed by atoms with E-state index in [9.17, 15) is 4.79 Å². The lowest BCUT2D eigenvalue weighted by atomic mass is 10.2. The van der Waals surface area contributed by atoms with Gasteiger partial charge in [0.05, 0.1) is 6.54 Å². The number of hydrogen-bond acceptors (Lipinski definition) is 5. The average Bonchev–Trinajstić information content (AvgIpc) is 2.32. The molecule has 2 aromatic rings. The smallest absolute Gasteiger partial charge is 0.267 e. The molecule has 0 bridgehead atoms. The molecule has 2 aromatic heterocycles. The van der Waals surface area contributed by atoms with Crippen LogP contribution in [0.3, 0.4) is 0 Å². The van der Waals surface area contributed by atoms with Gasteiger partial charge in [0.15, 0.2) is 0 Å². The number of nitrogens with zero attached hydrogens (tertiary/aromatic N) is 3. The molecule has 2 rings (SSSR count). The summed E-state index contributed by atoms with van der Waals surface area (Å²) in [5.74, 6) is 5.80. The van der Waals surface area contributed by atoms with Crippen molar-refractivity contribution in [2.24, 2.45) is 5.84 Å². The van der Waals surface area contributed by atoms with Crippen molar-refractivity contribution in [1.29, 1.82) is 0 Å². The fourth-order valence-corrected chi connectivity index (χ4v) is 1.33. The molecule has 82 valence electrons. The summed E-state index contributed by atoms with van der Waals surface area (Å²) in [4.78, 5) is 15.4. The summed E-state index contributed by atoms with van der Waals surface area (Å²) in [5, 5.41) is 3.96. The average molecular weight is 217 g/mol. The zero-order valence-electron chi connectivity index (χ0n) is 8.50. The molecule has 0 aliphatic carbocycles. The van der Waals surface area contributed by atoms with Gasteiger partial charge in [-0.2, -0.15) is 5.10 Å². The molecule has 0 aliphatic heterocycles. The van der Waals surface area contributed by atoms with Crippen molar-refractivity contribution in [3.63, 3.8) is 0 Å². The van der Waals surface area contributed by atoms with E-state index >= 15 is 0 Å². The lowest BCUT2D eigenvalue weighted by Gasteiger charge is -2.05. The summed E-state index contributed by atoms with van der Waals surface area (Å²) in [6, 6.07) is 6.65. The molecule has 2 heterocycles. The standard InChI is InChI=1S/C10H11N5O/c11-14-9-6-8(3-5-12-9)7-15-10(16)2-1-4-13-15/h1-6H,7,11H2,(H,12,14). The largest absolute Gasteiger partial charge is 0.308 e. The molecule has 6 nitrogen and oxygen atoms in total. The van der Waals surface area contributed by atoms with Crippen LogP contribution >= 0.6 is 0 Å². The minimum absolute atomic E-state index is 0.137. The van der Waals surface area contributed by atoms with E-state index in [1.807, 2.05) is 6.07 Å². The Bertz CT molecular complexity index is 536. The molecule has 0 amide bonds. The van der Waals surface area contributed by atoms with E-state index in [-0.39, 0.29) is 5.56 Å². The number of hydrazine groups is 1. The minimum Gasteiger partial charge on any atom is -0.308 e. The molecule has 0 fully saturated rings. The van der Waals surface area contributed by atoms with E-state index in [4.69, 9.17) is 5.84 Å². The highest BCUT2D eigenvalue weighted by atomic mass is 16.1. The van der Waals surface area contributed by atoms with Gasteiger partial charge in [-0.1, -0.05) is 0 Å². The van der Waals surface area contributed by atoms with Gasteiger partial charge >= 0.3 is 0 Å². The fraction of sp³-hybridized carbons (Fsp3) is 0.100. The van der Waals surface area contributed by atoms with Crippen LogP contribution in [0.4, 0.5) is 5.82 Å². The van der Waals surface area contributed by atoms with Crippen LogP contribution < -0.4 is 16.8 Å². The van der Waals surface area contributed by atoms with Crippen molar-refractivity contribution in [2.45, 2.75) is 6.54 Å². The molecular weight excluding hydrogens is 206 g/mol. The van der Waals surface area contributed by atoms with Crippen LogP contribution in [0, 0.1) is 0 Å². The number of nitrogens with two attached hydrogens (primary N) is 1. The van der Waals surface area contributed by atoms with Crippen molar-refractivity contribution < 1.29 is 0 Å². The maximum absolute atomic E-state index is 11.4. The summed E-state index contributed by atoms with van der Waals surface area (Å²) >= 11 is 0. The van der Waals surface area contributed by atoms with Gasteiger partial charge in [-0.25, -0.2) is 15.5 Å². The SMILES string of the molecule is NNc1cc(Cn2ncccc2=O)ccn1. The van der Waals surface area contributed by atoms with Gasteiger partial charge in [0.1, 0.15) is 5.82 Å². The second kappa shape index (κ2) is 4.54. The molecule has 0 aromatic carbocycles. The Morgan fingerprint density at radius 2 is 2.25 bits per heavy atom. The lowest BCUT2D eigenvalue weighted by Crippen LogP contribution is -2.21. The van der Waals surface area contributed by atoms with Crippen LogP contribution in [0.5, 0.6) is 0 Å². The quantitative estimate of drug-likeness (QED) is 0.557. The number of nitrogens with one attached hydrogen (secondary N) is 1. The van der Waals surface area contributed by atoms with E-state index in [1.165, 1.54) is 10.7 Å². The van der Waals surface area contributed by atoms with Crippen LogP contribution in [0.2, 0.25) is 0 Å². The van der Waals surface area contributed by atoms with Gasteiger partial charge in [-0.3, -0.25) is 4.79 Å². The summed E-state index contributed by atoms with van der Waals surface area (Å²) in [7, 11) is 0. The van der Waals surface area contributed by atoms with Gasteiger partial charge in [0.25, 0.3) is 5.56 Å². The topological polar surface area (TPSA) is 85.8 Å². The van der Waals surface area contributed by atoms with Gasteiger partial charge in [0, 0.05) is 18.5 Å². The fourth-order valence-electron chi connectivity index (χ4n) is 1.33. The highest BCUT2D eigenvalue weighted by molar-refractivity contribution is 5.35. The number of aromatic nitrogens is 3. The number of hydrogen-bond donors (Lipinski definition) is 2. The Morgan fingerprint density at radius 1 is 1.38 bits per heavy atom. The predicted molar refractivity (Wildman–Crippen MR) is 59.6 cm³/mol. The number of nitrogen functional groups attached to an aromatic ring is 1. The highest BCUT2D eigenvalue weighted by Crippen LogP contribution is 2.05. The van der Waals surface area contributed by atoms with Gasteiger partial charge in [-0.05, 0) is 23.8 Å². The van der Waals surface area contributed by atoms with Crippen molar-refractivity contribution >= 4 is 5.82 Å². The normalized spacial score (nSPS) is 10.1. The zero-order valence-corrected chi connectivity index (χ0v) is 8.50. The first-order valence-electron chi connectivity index (χ1n) is 4.73. The van der Waals surface area contributed by atoms with Crippen molar-refractivity contribution in [2.75, 3.05) is 5.43 Å². The van der Waals surface area contributed by atoms with E-state index in [1.54, 1.807) is 24.5 Å². The molecule has 16 heavy (non-hydrogen) atoms. The number of pyridine rings is 1. The monoisotopic (exact) mass is 217 g/mol. The number of anilines is 1. The Balaban J connectivity index is 2.27. The Morgan fingerprint density at radius 3 is 3.00 bits per heavy atom. The second-order valence-electron chi connectivity index (χ2n) is 3.21. The third-order valence-electron chi connectivity index (χ3n) is 2.09. The van der Waals surface area contributed by atoms with Gasteiger partial charge in [-0.15, -0.1) is 0 Å². The highest BCUT2D eigenvalue weighted by Gasteiger charge is 1.99. The van der Waals surface area contributed by atoms with Crippen LogP contribution in [0.1, 0.15) is 5.56 Å². The molecule has 0 saturated carbocycles. The van der Waals surface area contributed by atoms with Crippen LogP contribution in [-0.4, -0.2) is 14.8 Å². The maximum Gasteiger partial charge on any atom is 0.267 e. The molecule has 0 saturated heterocycles. The molecular formula is C10H11N5O. The number of rotatable bonds is 3. The lowest BCUT2D eigenvalue weighted by molar-refractivity contribution is 0.638. The molecule has 6 heteroatoms. The van der Waals surface area contributed by atoms with E-state index in [0.717, 1.165) is 5.56 Å². The molecule has 0 aliphatic rings. The molecule has 0 radical (unpaired) electrons. The van der Waals surface area contributed by atoms with E-state index in [2.05, 4.69) is 15.5 Å². The van der Waals surface area contributed by atoms with Crippen molar-refractivity contribution in [3.05, 3.63) is 52.6 Å². The third-order valence-corrected chi connectivity index (χ3v) is 2.09. The van der Waals surface area contributed by atoms with E-state index in [0.29, 0.717) is 12.4 Å². The van der Waals surface area contributed by atoms with E-state index < -0.39 is 0 Å².